The zero-order valence-corrected chi connectivity index (χ0v) is 20.0. The predicted molar refractivity (Wildman–Crippen MR) is 131 cm³/mol. The maximum absolute atomic E-state index is 11.4. The van der Waals surface area contributed by atoms with Crippen LogP contribution in [0.4, 0.5) is 0 Å². The summed E-state index contributed by atoms with van der Waals surface area (Å²) in [7, 11) is 0. The van der Waals surface area contributed by atoms with E-state index >= 15 is 0 Å². The van der Waals surface area contributed by atoms with Crippen molar-refractivity contribution in [3.63, 3.8) is 0 Å². The van der Waals surface area contributed by atoms with Gasteiger partial charge in [0.1, 0.15) is 30.0 Å². The largest absolute Gasteiger partial charge is 0.388 e. The molecule has 0 aromatic heterocycles. The van der Waals surface area contributed by atoms with E-state index in [1.165, 1.54) is 0 Å². The van der Waals surface area contributed by atoms with Gasteiger partial charge in [0.25, 0.3) is 0 Å². The maximum atomic E-state index is 11.4. The zero-order valence-electron chi connectivity index (χ0n) is 20.0. The smallest absolute Gasteiger partial charge is 0.156 e. The second kappa shape index (κ2) is 10.6. The molecule has 2 saturated heterocycles. The monoisotopic (exact) mass is 476 g/mol. The Morgan fingerprint density at radius 2 is 1.29 bits per heavy atom. The van der Waals surface area contributed by atoms with Crippen LogP contribution in [0.1, 0.15) is 30.5 Å². The van der Waals surface area contributed by atoms with Crippen LogP contribution in [0.3, 0.4) is 0 Å². The molecule has 3 aromatic rings. The van der Waals surface area contributed by atoms with Crippen molar-refractivity contribution in [2.24, 2.45) is 0 Å². The lowest BCUT2D eigenvalue weighted by Crippen LogP contribution is -2.60. The van der Waals surface area contributed by atoms with Crippen LogP contribution in [0.5, 0.6) is 0 Å². The molecule has 5 rings (SSSR count). The summed E-state index contributed by atoms with van der Waals surface area (Å²) in [6, 6.07) is 30.3. The van der Waals surface area contributed by atoms with E-state index in [2.05, 4.69) is 36.4 Å². The Bertz CT molecular complexity index is 964. The van der Waals surface area contributed by atoms with Crippen molar-refractivity contribution in [3.8, 4) is 0 Å². The zero-order chi connectivity index (χ0) is 24.3. The number of rotatable bonds is 7. The Hall–Kier alpha value is -2.58. The molecule has 0 saturated carbocycles. The molecule has 35 heavy (non-hydrogen) atoms. The van der Waals surface area contributed by atoms with E-state index < -0.39 is 36.5 Å². The minimum Gasteiger partial charge on any atom is -0.388 e. The Kier molecular flexibility index (Phi) is 7.29. The average Bonchev–Trinajstić information content (AvgIpc) is 2.90. The van der Waals surface area contributed by atoms with E-state index in [1.807, 2.05) is 68.4 Å². The lowest BCUT2D eigenvalue weighted by Gasteiger charge is -2.46. The van der Waals surface area contributed by atoms with Gasteiger partial charge in [-0.1, -0.05) is 91.0 Å². The van der Waals surface area contributed by atoms with E-state index in [0.717, 1.165) is 16.7 Å². The average molecular weight is 477 g/mol. The van der Waals surface area contributed by atoms with E-state index in [-0.39, 0.29) is 12.7 Å². The number of aliphatic hydroxyl groups is 1. The Morgan fingerprint density at radius 1 is 0.771 bits per heavy atom. The van der Waals surface area contributed by atoms with Crippen LogP contribution >= 0.6 is 0 Å². The Morgan fingerprint density at radius 3 is 1.80 bits per heavy atom. The summed E-state index contributed by atoms with van der Waals surface area (Å²) >= 11 is 0. The van der Waals surface area contributed by atoms with E-state index in [9.17, 15) is 5.11 Å². The molecule has 0 amide bonds. The minimum absolute atomic E-state index is 0.0257. The van der Waals surface area contributed by atoms with Crippen LogP contribution in [0.25, 0.3) is 0 Å². The van der Waals surface area contributed by atoms with Gasteiger partial charge in [0.05, 0.1) is 13.2 Å². The van der Waals surface area contributed by atoms with Crippen LogP contribution in [0.2, 0.25) is 0 Å². The second-order valence-corrected chi connectivity index (χ2v) is 9.00. The number of hydrogen-bond acceptors (Lipinski definition) is 6. The number of hydrogen-bond donors (Lipinski definition) is 1. The molecule has 0 bridgehead atoms. The highest BCUT2D eigenvalue weighted by molar-refractivity contribution is 5.47. The third-order valence-corrected chi connectivity index (χ3v) is 6.64. The third-order valence-electron chi connectivity index (χ3n) is 6.64. The molecule has 184 valence electrons. The van der Waals surface area contributed by atoms with Gasteiger partial charge in [-0.25, -0.2) is 0 Å². The van der Waals surface area contributed by atoms with Gasteiger partial charge in [-0.2, -0.15) is 0 Å². The van der Waals surface area contributed by atoms with Crippen molar-refractivity contribution in [1.82, 2.24) is 0 Å². The first-order chi connectivity index (χ1) is 17.1. The van der Waals surface area contributed by atoms with Gasteiger partial charge >= 0.3 is 0 Å². The van der Waals surface area contributed by atoms with Gasteiger partial charge < -0.3 is 28.8 Å². The summed E-state index contributed by atoms with van der Waals surface area (Å²) in [6.45, 7) is 4.07. The molecule has 2 aliphatic heterocycles. The van der Waals surface area contributed by atoms with Gasteiger partial charge in [-0.15, -0.1) is 0 Å². The van der Waals surface area contributed by atoms with Crippen LogP contribution in [-0.4, -0.2) is 55.3 Å². The SMILES string of the molecule is C[C@H]1OC[C@H]2O[C@@H](C)O[C@@H]([C@H](O)COC(c3ccccc3)(c3ccccc3)c3ccccc3)[C@@H]2O1. The molecule has 0 unspecified atom stereocenters. The molecule has 2 fully saturated rings. The topological polar surface area (TPSA) is 66.4 Å². The Labute approximate surface area is 206 Å². The van der Waals surface area contributed by atoms with Crippen LogP contribution in [0.15, 0.2) is 91.0 Å². The first-order valence-electron chi connectivity index (χ1n) is 12.1. The molecule has 1 N–H and O–H groups in total. The molecular weight excluding hydrogens is 444 g/mol. The molecule has 2 aliphatic rings. The molecule has 2 heterocycles. The molecular formula is C29H32O6. The highest BCUT2D eigenvalue weighted by atomic mass is 16.8. The molecule has 3 aromatic carbocycles. The summed E-state index contributed by atoms with van der Waals surface area (Å²) < 4.78 is 30.2. The number of fused-ring (bicyclic) bond motifs is 1. The molecule has 0 radical (unpaired) electrons. The normalized spacial score (nSPS) is 27.7. The van der Waals surface area contributed by atoms with Gasteiger partial charge in [-0.3, -0.25) is 0 Å². The molecule has 6 heteroatoms. The standard InChI is InChI=1S/C29H32O6/c1-20-31-19-26-28(34-20)27(35-21(2)33-26)25(30)18-32-29(22-12-6-3-7-13-22,23-14-8-4-9-15-23)24-16-10-5-11-17-24/h3-17,20-21,25-28,30H,18-19H2,1-2H3/t20-,21+,25+,26+,27-,28+/m0/s1. The fourth-order valence-corrected chi connectivity index (χ4v) is 5.04. The Balaban J connectivity index is 1.50. The fraction of sp³-hybridized carbons (Fsp3) is 0.379. The van der Waals surface area contributed by atoms with Crippen LogP contribution in [-0.2, 0) is 29.3 Å². The quantitative estimate of drug-likeness (QED) is 0.515. The van der Waals surface area contributed by atoms with E-state index in [4.69, 9.17) is 23.7 Å². The van der Waals surface area contributed by atoms with Crippen LogP contribution in [0, 0.1) is 0 Å². The summed E-state index contributed by atoms with van der Waals surface area (Å²) in [5.41, 5.74) is 1.99. The number of ether oxygens (including phenoxy) is 5. The molecule has 0 spiro atoms. The van der Waals surface area contributed by atoms with Crippen molar-refractivity contribution in [1.29, 1.82) is 0 Å². The minimum atomic E-state index is -0.949. The molecule has 6 nitrogen and oxygen atoms in total. The third kappa shape index (κ3) is 4.91. The van der Waals surface area contributed by atoms with Gasteiger partial charge in [-0.05, 0) is 30.5 Å². The summed E-state index contributed by atoms with van der Waals surface area (Å²) in [6.07, 6.45) is -3.21. The highest BCUT2D eigenvalue weighted by Crippen LogP contribution is 2.41. The van der Waals surface area contributed by atoms with Gasteiger partial charge in [0.15, 0.2) is 12.6 Å². The lowest BCUT2D eigenvalue weighted by molar-refractivity contribution is -0.362. The maximum Gasteiger partial charge on any atom is 0.156 e. The summed E-state index contributed by atoms with van der Waals surface area (Å²) in [5, 5.41) is 11.4. The van der Waals surface area contributed by atoms with Crippen molar-refractivity contribution >= 4 is 0 Å². The van der Waals surface area contributed by atoms with Crippen molar-refractivity contribution < 1.29 is 28.8 Å². The van der Waals surface area contributed by atoms with Gasteiger partial charge in [0.2, 0.25) is 0 Å². The van der Waals surface area contributed by atoms with Crippen molar-refractivity contribution in [3.05, 3.63) is 108 Å². The first-order valence-corrected chi connectivity index (χ1v) is 12.1. The summed E-state index contributed by atoms with van der Waals surface area (Å²) in [5.74, 6) is 0. The van der Waals surface area contributed by atoms with E-state index in [0.29, 0.717) is 6.61 Å². The van der Waals surface area contributed by atoms with E-state index in [1.54, 1.807) is 0 Å². The molecule has 0 aliphatic carbocycles. The first kappa shape index (κ1) is 24.1. The predicted octanol–water partition coefficient (Wildman–Crippen LogP) is 4.25. The number of aliphatic hydroxyl groups excluding tert-OH is 1. The lowest BCUT2D eigenvalue weighted by atomic mass is 9.80. The highest BCUT2D eigenvalue weighted by Gasteiger charge is 2.47. The summed E-state index contributed by atoms with van der Waals surface area (Å²) in [4.78, 5) is 0. The fourth-order valence-electron chi connectivity index (χ4n) is 5.04. The van der Waals surface area contributed by atoms with Crippen molar-refractivity contribution in [2.75, 3.05) is 13.2 Å². The second-order valence-electron chi connectivity index (χ2n) is 9.00. The van der Waals surface area contributed by atoms with Crippen molar-refractivity contribution in [2.45, 2.75) is 56.4 Å². The number of benzene rings is 3. The van der Waals surface area contributed by atoms with Crippen LogP contribution < -0.4 is 0 Å². The van der Waals surface area contributed by atoms with Gasteiger partial charge in [0, 0.05) is 0 Å². The molecule has 6 atom stereocenters.